The largest absolute Gasteiger partial charge is 0.464 e. The molecule has 0 saturated carbocycles. The SMILES string of the molecule is COC(=O)c1cc2ccc(NC(=N)N)cc2[nH]1.Cc1ccc(S(=O)(=O)O)cc1. The van der Waals surface area contributed by atoms with Crippen LogP contribution in [0.5, 0.6) is 0 Å². The first-order valence-electron chi connectivity index (χ1n) is 7.96. The van der Waals surface area contributed by atoms with Gasteiger partial charge in [-0.3, -0.25) is 9.96 Å². The second-order valence-electron chi connectivity index (χ2n) is 5.80. The number of aryl methyl sites for hydroxylation is 1. The van der Waals surface area contributed by atoms with Gasteiger partial charge in [-0.05, 0) is 37.3 Å². The Morgan fingerprint density at radius 3 is 2.36 bits per heavy atom. The van der Waals surface area contributed by atoms with Gasteiger partial charge in [0.25, 0.3) is 10.1 Å². The first kappa shape index (κ1) is 20.9. The van der Waals surface area contributed by atoms with E-state index in [1.54, 1.807) is 30.3 Å². The van der Waals surface area contributed by atoms with E-state index in [2.05, 4.69) is 15.0 Å². The van der Waals surface area contributed by atoms with Crippen molar-refractivity contribution < 1.29 is 22.5 Å². The van der Waals surface area contributed by atoms with Gasteiger partial charge in [-0.15, -0.1) is 0 Å². The van der Waals surface area contributed by atoms with Gasteiger partial charge < -0.3 is 20.8 Å². The Bertz CT molecular complexity index is 1100. The predicted octanol–water partition coefficient (Wildman–Crippen LogP) is 2.50. The fourth-order valence-corrected chi connectivity index (χ4v) is 2.77. The molecule has 148 valence electrons. The molecule has 1 aromatic heterocycles. The van der Waals surface area contributed by atoms with E-state index in [-0.39, 0.29) is 10.9 Å². The van der Waals surface area contributed by atoms with Crippen molar-refractivity contribution in [2.24, 2.45) is 5.73 Å². The third-order valence-corrected chi connectivity index (χ3v) is 4.49. The van der Waals surface area contributed by atoms with E-state index >= 15 is 0 Å². The average Bonchev–Trinajstić information content (AvgIpc) is 3.04. The molecule has 0 saturated heterocycles. The second kappa shape index (κ2) is 8.55. The Balaban J connectivity index is 0.000000221. The van der Waals surface area contributed by atoms with Crippen LogP contribution in [-0.4, -0.2) is 37.0 Å². The normalized spacial score (nSPS) is 10.7. The summed E-state index contributed by atoms with van der Waals surface area (Å²) in [6.07, 6.45) is 0. The maximum Gasteiger partial charge on any atom is 0.354 e. The minimum Gasteiger partial charge on any atom is -0.464 e. The van der Waals surface area contributed by atoms with E-state index < -0.39 is 16.1 Å². The van der Waals surface area contributed by atoms with E-state index in [1.165, 1.54) is 19.2 Å². The van der Waals surface area contributed by atoms with Crippen molar-refractivity contribution in [1.82, 2.24) is 4.98 Å². The molecule has 0 aliphatic carbocycles. The summed E-state index contributed by atoms with van der Waals surface area (Å²) in [5, 5.41) is 10.7. The number of ether oxygens (including phenoxy) is 1. The Morgan fingerprint density at radius 1 is 1.18 bits per heavy atom. The second-order valence-corrected chi connectivity index (χ2v) is 7.22. The standard InChI is InChI=1S/C11H12N4O2.C7H8O3S/c1-17-10(16)9-4-6-2-3-7(14-11(12)13)5-8(6)15-9;1-6-2-4-7(5-3-6)11(8,9)10/h2-5,15H,1H3,(H4,12,13,14);2-5H,1H3,(H,8,9,10). The van der Waals surface area contributed by atoms with Crippen molar-refractivity contribution in [3.8, 4) is 0 Å². The summed E-state index contributed by atoms with van der Waals surface area (Å²) in [6.45, 7) is 1.84. The molecule has 0 aliphatic rings. The lowest BCUT2D eigenvalue weighted by molar-refractivity contribution is 0.0595. The van der Waals surface area contributed by atoms with Gasteiger partial charge in [-0.2, -0.15) is 8.42 Å². The van der Waals surface area contributed by atoms with Crippen LogP contribution in [0.15, 0.2) is 53.4 Å². The third-order valence-electron chi connectivity index (χ3n) is 3.63. The van der Waals surface area contributed by atoms with Crippen molar-refractivity contribution in [2.45, 2.75) is 11.8 Å². The molecule has 28 heavy (non-hydrogen) atoms. The molecule has 9 nitrogen and oxygen atoms in total. The maximum atomic E-state index is 11.3. The summed E-state index contributed by atoms with van der Waals surface area (Å²) in [5.41, 5.74) is 8.04. The fourth-order valence-electron chi connectivity index (χ4n) is 2.29. The smallest absolute Gasteiger partial charge is 0.354 e. The van der Waals surface area contributed by atoms with E-state index in [4.69, 9.17) is 15.7 Å². The van der Waals surface area contributed by atoms with Crippen LogP contribution in [0.2, 0.25) is 0 Å². The van der Waals surface area contributed by atoms with E-state index in [9.17, 15) is 13.2 Å². The number of guanidine groups is 1. The van der Waals surface area contributed by atoms with Crippen LogP contribution in [0.3, 0.4) is 0 Å². The molecule has 0 unspecified atom stereocenters. The van der Waals surface area contributed by atoms with Crippen molar-refractivity contribution in [3.05, 3.63) is 59.8 Å². The molecular weight excluding hydrogens is 384 g/mol. The minimum absolute atomic E-state index is 0.0666. The van der Waals surface area contributed by atoms with E-state index in [0.717, 1.165) is 16.5 Å². The molecule has 0 aliphatic heterocycles. The highest BCUT2D eigenvalue weighted by Crippen LogP contribution is 2.20. The zero-order chi connectivity index (χ0) is 20.9. The van der Waals surface area contributed by atoms with E-state index in [1.807, 2.05) is 13.0 Å². The molecule has 10 heteroatoms. The van der Waals surface area contributed by atoms with Gasteiger partial charge in [0.2, 0.25) is 0 Å². The molecule has 1 heterocycles. The number of aromatic nitrogens is 1. The van der Waals surface area contributed by atoms with Crippen molar-refractivity contribution in [1.29, 1.82) is 5.41 Å². The highest BCUT2D eigenvalue weighted by molar-refractivity contribution is 7.85. The van der Waals surface area contributed by atoms with Crippen LogP contribution in [-0.2, 0) is 14.9 Å². The Labute approximate surface area is 161 Å². The van der Waals surface area contributed by atoms with Crippen LogP contribution in [0.1, 0.15) is 16.1 Å². The quantitative estimate of drug-likeness (QED) is 0.194. The topological polar surface area (TPSA) is 158 Å². The summed E-state index contributed by atoms with van der Waals surface area (Å²) in [4.78, 5) is 14.2. The predicted molar refractivity (Wildman–Crippen MR) is 106 cm³/mol. The van der Waals surface area contributed by atoms with Gasteiger partial charge in [0.1, 0.15) is 5.69 Å². The minimum atomic E-state index is -4.02. The number of nitrogens with one attached hydrogen (secondary N) is 3. The summed E-state index contributed by atoms with van der Waals surface area (Å²) in [7, 11) is -2.69. The average molecular weight is 404 g/mol. The summed E-state index contributed by atoms with van der Waals surface area (Å²) >= 11 is 0. The molecule has 0 spiro atoms. The summed E-state index contributed by atoms with van der Waals surface area (Å²) < 4.78 is 34.2. The number of anilines is 1. The number of esters is 1. The fraction of sp³-hybridized carbons (Fsp3) is 0.111. The monoisotopic (exact) mass is 404 g/mol. The van der Waals surface area contributed by atoms with Crippen LogP contribution in [0.4, 0.5) is 5.69 Å². The van der Waals surface area contributed by atoms with Gasteiger partial charge >= 0.3 is 5.97 Å². The molecule has 0 radical (unpaired) electrons. The van der Waals surface area contributed by atoms with Crippen LogP contribution < -0.4 is 11.1 Å². The molecule has 0 bridgehead atoms. The number of fused-ring (bicyclic) bond motifs is 1. The molecule has 2 aromatic carbocycles. The first-order chi connectivity index (χ1) is 13.1. The van der Waals surface area contributed by atoms with Crippen LogP contribution >= 0.6 is 0 Å². The molecule has 0 amide bonds. The number of benzene rings is 2. The number of hydrogen-bond acceptors (Lipinski definition) is 5. The Hall–Kier alpha value is -3.37. The number of methoxy groups -OCH3 is 1. The number of carbonyl (C=O) groups is 1. The molecular formula is C18H20N4O5S. The molecule has 0 fully saturated rings. The number of carbonyl (C=O) groups excluding carboxylic acids is 1. The molecule has 3 aromatic rings. The van der Waals surface area contributed by atoms with E-state index in [0.29, 0.717) is 11.4 Å². The maximum absolute atomic E-state index is 11.3. The Morgan fingerprint density at radius 2 is 1.82 bits per heavy atom. The van der Waals surface area contributed by atoms with Crippen molar-refractivity contribution >= 4 is 38.6 Å². The zero-order valence-electron chi connectivity index (χ0n) is 15.2. The molecule has 6 N–H and O–H groups in total. The first-order valence-corrected chi connectivity index (χ1v) is 9.40. The summed E-state index contributed by atoms with van der Waals surface area (Å²) in [6, 6.07) is 13.1. The number of aromatic amines is 1. The lowest BCUT2D eigenvalue weighted by Crippen LogP contribution is -2.20. The van der Waals surface area contributed by atoms with Crippen LogP contribution in [0.25, 0.3) is 10.9 Å². The van der Waals surface area contributed by atoms with Crippen molar-refractivity contribution in [3.63, 3.8) is 0 Å². The number of H-pyrrole nitrogens is 1. The molecule has 3 rings (SSSR count). The van der Waals surface area contributed by atoms with Gasteiger partial charge in [0, 0.05) is 16.6 Å². The van der Waals surface area contributed by atoms with Crippen LogP contribution in [0, 0.1) is 12.3 Å². The van der Waals surface area contributed by atoms with Crippen molar-refractivity contribution in [2.75, 3.05) is 12.4 Å². The number of rotatable bonds is 3. The molecule has 0 atom stereocenters. The number of hydrogen-bond donors (Lipinski definition) is 5. The van der Waals surface area contributed by atoms with Gasteiger partial charge in [0.05, 0.1) is 12.0 Å². The lowest BCUT2D eigenvalue weighted by atomic mass is 10.2. The van der Waals surface area contributed by atoms with Gasteiger partial charge in [-0.25, -0.2) is 4.79 Å². The highest BCUT2D eigenvalue weighted by atomic mass is 32.2. The van der Waals surface area contributed by atoms with Gasteiger partial charge in [-0.1, -0.05) is 23.8 Å². The highest BCUT2D eigenvalue weighted by Gasteiger charge is 2.09. The zero-order valence-corrected chi connectivity index (χ0v) is 16.0. The lowest BCUT2D eigenvalue weighted by Gasteiger charge is -2.02. The number of nitrogens with two attached hydrogens (primary N) is 1. The Kier molecular flexibility index (Phi) is 6.39. The summed E-state index contributed by atoms with van der Waals surface area (Å²) in [5.74, 6) is -0.550. The third kappa shape index (κ3) is 5.56. The van der Waals surface area contributed by atoms with Gasteiger partial charge in [0.15, 0.2) is 5.96 Å².